The Labute approximate surface area is 216 Å². The molecule has 1 aliphatic carbocycles. The Morgan fingerprint density at radius 3 is 2.58 bits per heavy atom. The Bertz CT molecular complexity index is 1320. The normalized spacial score (nSPS) is 14.8. The first-order valence-electron chi connectivity index (χ1n) is 11.2. The van der Waals surface area contributed by atoms with Crippen molar-refractivity contribution < 1.29 is 27.4 Å². The van der Waals surface area contributed by atoms with Gasteiger partial charge in [0, 0.05) is 18.9 Å². The Morgan fingerprint density at radius 1 is 1.03 bits per heavy atom. The van der Waals surface area contributed by atoms with E-state index in [9.17, 15) is 8.42 Å². The van der Waals surface area contributed by atoms with Gasteiger partial charge in [0.1, 0.15) is 19.5 Å². The minimum Gasteiger partial charge on any atom is -0.473 e. The summed E-state index contributed by atoms with van der Waals surface area (Å²) < 4.78 is 53.6. The van der Waals surface area contributed by atoms with Crippen LogP contribution in [-0.2, 0) is 10.2 Å². The number of halogens is 1. The average molecular weight is 579 g/mol. The van der Waals surface area contributed by atoms with Crippen molar-refractivity contribution in [3.8, 4) is 34.5 Å². The summed E-state index contributed by atoms with van der Waals surface area (Å²) in [4.78, 5) is 16.5. The third kappa shape index (κ3) is 5.94. The van der Waals surface area contributed by atoms with Crippen LogP contribution in [-0.4, -0.2) is 54.9 Å². The van der Waals surface area contributed by atoms with Crippen molar-refractivity contribution in [3.63, 3.8) is 0 Å². The summed E-state index contributed by atoms with van der Waals surface area (Å²) in [5, 5.41) is 0. The molecular formula is C22H23BrN6O6S. The summed E-state index contributed by atoms with van der Waals surface area (Å²) in [5.41, 5.74) is 0.938. The van der Waals surface area contributed by atoms with E-state index >= 15 is 0 Å². The zero-order chi connectivity index (χ0) is 25.0. The molecule has 2 N–H and O–H groups in total. The van der Waals surface area contributed by atoms with Gasteiger partial charge in [0.05, 0.1) is 10.0 Å². The van der Waals surface area contributed by atoms with Gasteiger partial charge < -0.3 is 18.9 Å². The highest BCUT2D eigenvalue weighted by atomic mass is 79.9. The van der Waals surface area contributed by atoms with Crippen LogP contribution in [0.1, 0.15) is 19.3 Å². The van der Waals surface area contributed by atoms with E-state index in [2.05, 4.69) is 45.3 Å². The van der Waals surface area contributed by atoms with Gasteiger partial charge in [-0.05, 0) is 52.4 Å². The SMILES string of the molecule is O=S(=O)(NCC1CCC1)Nc1ncnc(OCCOc2ncc(Br)cn2)c1-c1ccc2c(c1)OCO2. The van der Waals surface area contributed by atoms with Crippen molar-refractivity contribution in [1.29, 1.82) is 0 Å². The summed E-state index contributed by atoms with van der Waals surface area (Å²) in [6.07, 6.45) is 7.53. The molecule has 14 heteroatoms. The number of aromatic nitrogens is 4. The number of rotatable bonds is 11. The minimum atomic E-state index is -3.88. The summed E-state index contributed by atoms with van der Waals surface area (Å²) in [6.45, 7) is 0.711. The molecule has 5 rings (SSSR count). The van der Waals surface area contributed by atoms with Gasteiger partial charge in [-0.2, -0.15) is 13.1 Å². The van der Waals surface area contributed by atoms with E-state index < -0.39 is 10.2 Å². The van der Waals surface area contributed by atoms with Crippen molar-refractivity contribution in [3.05, 3.63) is 41.4 Å². The van der Waals surface area contributed by atoms with Crippen LogP contribution < -0.4 is 28.4 Å². The van der Waals surface area contributed by atoms with Gasteiger partial charge in [0.2, 0.25) is 12.7 Å². The van der Waals surface area contributed by atoms with Crippen molar-refractivity contribution in [1.82, 2.24) is 24.7 Å². The molecule has 0 atom stereocenters. The molecule has 0 spiro atoms. The number of hydrogen-bond donors (Lipinski definition) is 2. The molecular weight excluding hydrogens is 556 g/mol. The number of ether oxygens (including phenoxy) is 4. The minimum absolute atomic E-state index is 0.0668. The maximum atomic E-state index is 12.8. The van der Waals surface area contributed by atoms with E-state index in [1.807, 2.05) is 0 Å². The molecule has 0 bridgehead atoms. The van der Waals surface area contributed by atoms with E-state index in [4.69, 9.17) is 18.9 Å². The molecule has 36 heavy (non-hydrogen) atoms. The zero-order valence-electron chi connectivity index (χ0n) is 19.0. The lowest BCUT2D eigenvalue weighted by Gasteiger charge is -2.25. The van der Waals surface area contributed by atoms with Crippen LogP contribution in [0.2, 0.25) is 0 Å². The standard InChI is InChI=1S/C22H23BrN6O6S/c23-16-10-24-22(25-11-16)33-7-6-32-21-19(15-4-5-17-18(8-15)35-13-34-17)20(26-12-27-21)29-36(30,31)28-9-14-2-1-3-14/h4-5,8,10-12,14,28H,1-3,6-7,9,13H2,(H,26,27,29). The van der Waals surface area contributed by atoms with Crippen molar-refractivity contribution in [2.75, 3.05) is 31.3 Å². The Morgan fingerprint density at radius 2 is 1.81 bits per heavy atom. The fourth-order valence-corrected chi connectivity index (χ4v) is 4.74. The predicted molar refractivity (Wildman–Crippen MR) is 132 cm³/mol. The number of benzene rings is 1. The first-order chi connectivity index (χ1) is 17.5. The Kier molecular flexibility index (Phi) is 7.34. The van der Waals surface area contributed by atoms with Crippen LogP contribution in [0.4, 0.5) is 5.82 Å². The number of fused-ring (bicyclic) bond motifs is 1. The van der Waals surface area contributed by atoms with E-state index in [0.29, 0.717) is 35.1 Å². The maximum absolute atomic E-state index is 12.8. The molecule has 0 radical (unpaired) electrons. The Hall–Kier alpha value is -3.23. The number of anilines is 1. The van der Waals surface area contributed by atoms with Crippen LogP contribution in [0.5, 0.6) is 23.4 Å². The van der Waals surface area contributed by atoms with Gasteiger partial charge in [-0.3, -0.25) is 4.72 Å². The number of hydrogen-bond acceptors (Lipinski definition) is 10. The summed E-state index contributed by atoms with van der Waals surface area (Å²) in [7, 11) is -3.88. The average Bonchev–Trinajstić information content (AvgIpc) is 3.30. The van der Waals surface area contributed by atoms with Gasteiger partial charge >= 0.3 is 6.01 Å². The molecule has 2 aliphatic rings. The molecule has 1 fully saturated rings. The lowest BCUT2D eigenvalue weighted by atomic mass is 9.86. The second-order valence-electron chi connectivity index (χ2n) is 8.10. The molecule has 0 unspecified atom stereocenters. The molecule has 0 amide bonds. The predicted octanol–water partition coefficient (Wildman–Crippen LogP) is 2.93. The van der Waals surface area contributed by atoms with E-state index in [-0.39, 0.29) is 37.7 Å². The highest BCUT2D eigenvalue weighted by Gasteiger charge is 2.24. The van der Waals surface area contributed by atoms with Crippen LogP contribution in [0.25, 0.3) is 11.1 Å². The molecule has 1 aliphatic heterocycles. The van der Waals surface area contributed by atoms with E-state index in [0.717, 1.165) is 23.7 Å². The molecule has 3 aromatic rings. The lowest BCUT2D eigenvalue weighted by Crippen LogP contribution is -2.36. The quantitative estimate of drug-likeness (QED) is 0.325. The third-order valence-corrected chi connectivity index (χ3v) is 7.06. The van der Waals surface area contributed by atoms with E-state index in [1.54, 1.807) is 30.6 Å². The molecule has 2 aromatic heterocycles. The second kappa shape index (κ2) is 10.8. The first kappa shape index (κ1) is 24.5. The topological polar surface area (TPSA) is 147 Å². The van der Waals surface area contributed by atoms with Crippen molar-refractivity contribution in [2.24, 2.45) is 5.92 Å². The van der Waals surface area contributed by atoms with Gasteiger partial charge in [-0.15, -0.1) is 0 Å². The molecule has 190 valence electrons. The van der Waals surface area contributed by atoms with Crippen LogP contribution in [0, 0.1) is 5.92 Å². The lowest BCUT2D eigenvalue weighted by molar-refractivity contribution is 0.174. The molecule has 12 nitrogen and oxygen atoms in total. The van der Waals surface area contributed by atoms with Crippen molar-refractivity contribution in [2.45, 2.75) is 19.3 Å². The first-order valence-corrected chi connectivity index (χ1v) is 13.5. The van der Waals surface area contributed by atoms with Crippen molar-refractivity contribution >= 4 is 32.0 Å². The highest BCUT2D eigenvalue weighted by molar-refractivity contribution is 9.10. The van der Waals surface area contributed by atoms with E-state index in [1.165, 1.54) is 6.33 Å². The molecule has 1 saturated carbocycles. The van der Waals surface area contributed by atoms with Gasteiger partial charge in [0.25, 0.3) is 10.2 Å². The van der Waals surface area contributed by atoms with Gasteiger partial charge in [-0.25, -0.2) is 19.9 Å². The summed E-state index contributed by atoms with van der Waals surface area (Å²) in [6, 6.07) is 5.41. The molecule has 0 saturated heterocycles. The van der Waals surface area contributed by atoms with Gasteiger partial charge in [0.15, 0.2) is 17.3 Å². The fraction of sp³-hybridized carbons (Fsp3) is 0.364. The monoisotopic (exact) mass is 578 g/mol. The smallest absolute Gasteiger partial charge is 0.316 e. The third-order valence-electron chi connectivity index (χ3n) is 5.64. The molecule has 1 aromatic carbocycles. The molecule has 3 heterocycles. The second-order valence-corrected chi connectivity index (χ2v) is 10.5. The maximum Gasteiger partial charge on any atom is 0.316 e. The van der Waals surface area contributed by atoms with Crippen LogP contribution >= 0.6 is 15.9 Å². The summed E-state index contributed by atoms with van der Waals surface area (Å²) in [5.74, 6) is 1.70. The zero-order valence-corrected chi connectivity index (χ0v) is 21.4. The van der Waals surface area contributed by atoms with Crippen LogP contribution in [0.3, 0.4) is 0 Å². The summed E-state index contributed by atoms with van der Waals surface area (Å²) >= 11 is 3.27. The fourth-order valence-electron chi connectivity index (χ4n) is 3.60. The Balaban J connectivity index is 1.36. The largest absolute Gasteiger partial charge is 0.473 e. The number of nitrogens with one attached hydrogen (secondary N) is 2. The number of nitrogens with zero attached hydrogens (tertiary/aromatic N) is 4. The van der Waals surface area contributed by atoms with Gasteiger partial charge in [-0.1, -0.05) is 12.5 Å². The van der Waals surface area contributed by atoms with Crippen LogP contribution in [0.15, 0.2) is 41.4 Å². The highest BCUT2D eigenvalue weighted by Crippen LogP contribution is 2.40.